The van der Waals surface area contributed by atoms with E-state index in [1.54, 1.807) is 12.1 Å². The van der Waals surface area contributed by atoms with Crippen LogP contribution in [0.2, 0.25) is 0 Å². The highest BCUT2D eigenvalue weighted by atomic mass is 35.5. The molecule has 2 heterocycles. The number of hydrogen-bond acceptors (Lipinski definition) is 3. The topological polar surface area (TPSA) is 45.5 Å². The Labute approximate surface area is 112 Å². The van der Waals surface area contributed by atoms with Crippen LogP contribution < -0.4 is 5.32 Å². The number of likely N-dealkylation sites (tertiary alicyclic amines) is 1. The number of piperidine rings is 1. The lowest BCUT2D eigenvalue weighted by atomic mass is 10.1. The van der Waals surface area contributed by atoms with Gasteiger partial charge in [0.15, 0.2) is 5.76 Å². The fourth-order valence-corrected chi connectivity index (χ4v) is 2.37. The van der Waals surface area contributed by atoms with E-state index in [1.165, 1.54) is 0 Å². The van der Waals surface area contributed by atoms with Crippen LogP contribution in [0.15, 0.2) is 16.5 Å². The zero-order valence-corrected chi connectivity index (χ0v) is 11.4. The molecule has 0 aromatic carbocycles. The molecular weight excluding hydrogens is 252 g/mol. The summed E-state index contributed by atoms with van der Waals surface area (Å²) >= 11 is 5.64. The molecule has 5 heteroatoms. The molecule has 0 unspecified atom stereocenters. The van der Waals surface area contributed by atoms with Crippen LogP contribution in [0.25, 0.3) is 0 Å². The molecule has 1 aromatic heterocycles. The number of alkyl halides is 1. The van der Waals surface area contributed by atoms with Crippen molar-refractivity contribution in [3.63, 3.8) is 0 Å². The molecule has 18 heavy (non-hydrogen) atoms. The molecule has 1 amide bonds. The van der Waals surface area contributed by atoms with Gasteiger partial charge in [-0.15, -0.1) is 11.6 Å². The SMILES string of the molecule is CCN1CCC(NC(=O)c2ccc(CCl)o2)CC1. The Morgan fingerprint density at radius 1 is 1.50 bits per heavy atom. The summed E-state index contributed by atoms with van der Waals surface area (Å²) in [6.07, 6.45) is 2.01. The summed E-state index contributed by atoms with van der Waals surface area (Å²) in [5, 5.41) is 3.01. The molecule has 4 nitrogen and oxygen atoms in total. The van der Waals surface area contributed by atoms with Gasteiger partial charge in [-0.25, -0.2) is 0 Å². The summed E-state index contributed by atoms with van der Waals surface area (Å²) in [6, 6.07) is 3.67. The van der Waals surface area contributed by atoms with E-state index in [9.17, 15) is 4.79 Å². The van der Waals surface area contributed by atoms with Gasteiger partial charge >= 0.3 is 0 Å². The fourth-order valence-electron chi connectivity index (χ4n) is 2.22. The van der Waals surface area contributed by atoms with Crippen LogP contribution in [0.4, 0.5) is 0 Å². The predicted molar refractivity (Wildman–Crippen MR) is 70.9 cm³/mol. The summed E-state index contributed by atoms with van der Waals surface area (Å²) in [4.78, 5) is 14.3. The molecule has 0 saturated carbocycles. The van der Waals surface area contributed by atoms with Crippen molar-refractivity contribution < 1.29 is 9.21 Å². The molecular formula is C13H19ClN2O2. The van der Waals surface area contributed by atoms with Gasteiger partial charge in [0, 0.05) is 19.1 Å². The fraction of sp³-hybridized carbons (Fsp3) is 0.615. The van der Waals surface area contributed by atoms with Crippen molar-refractivity contribution in [3.8, 4) is 0 Å². The van der Waals surface area contributed by atoms with Crippen LogP contribution in [-0.2, 0) is 5.88 Å². The highest BCUT2D eigenvalue weighted by molar-refractivity contribution is 6.16. The molecule has 1 N–H and O–H groups in total. The number of amides is 1. The second-order valence-electron chi connectivity index (χ2n) is 4.58. The largest absolute Gasteiger partial charge is 0.455 e. The van der Waals surface area contributed by atoms with Gasteiger partial charge in [-0.05, 0) is 31.5 Å². The molecule has 2 rings (SSSR count). The second kappa shape index (κ2) is 6.25. The normalized spacial score (nSPS) is 17.9. The average Bonchev–Trinajstić information content (AvgIpc) is 2.88. The molecule has 1 fully saturated rings. The third-order valence-electron chi connectivity index (χ3n) is 3.39. The Morgan fingerprint density at radius 3 is 2.78 bits per heavy atom. The van der Waals surface area contributed by atoms with E-state index in [4.69, 9.17) is 16.0 Å². The molecule has 1 aliphatic heterocycles. The van der Waals surface area contributed by atoms with E-state index >= 15 is 0 Å². The Balaban J connectivity index is 1.84. The number of furan rings is 1. The van der Waals surface area contributed by atoms with E-state index in [2.05, 4.69) is 17.1 Å². The molecule has 0 spiro atoms. The molecule has 0 aliphatic carbocycles. The first-order valence-corrected chi connectivity index (χ1v) is 6.94. The standard InChI is InChI=1S/C13H19ClN2O2/c1-2-16-7-5-10(6-8-16)15-13(17)12-4-3-11(9-14)18-12/h3-4,10H,2,5-9H2,1H3,(H,15,17). The zero-order chi connectivity index (χ0) is 13.0. The third-order valence-corrected chi connectivity index (χ3v) is 3.65. The first-order valence-electron chi connectivity index (χ1n) is 6.40. The minimum absolute atomic E-state index is 0.138. The highest BCUT2D eigenvalue weighted by Crippen LogP contribution is 2.13. The van der Waals surface area contributed by atoms with Gasteiger partial charge in [0.25, 0.3) is 5.91 Å². The quantitative estimate of drug-likeness (QED) is 0.854. The second-order valence-corrected chi connectivity index (χ2v) is 4.85. The molecule has 1 aliphatic rings. The van der Waals surface area contributed by atoms with Gasteiger partial charge in [0.05, 0.1) is 5.88 Å². The third kappa shape index (κ3) is 3.27. The molecule has 100 valence electrons. The lowest BCUT2D eigenvalue weighted by Crippen LogP contribution is -2.44. The maximum absolute atomic E-state index is 11.9. The van der Waals surface area contributed by atoms with Crippen LogP contribution in [0.1, 0.15) is 36.1 Å². The average molecular weight is 271 g/mol. The van der Waals surface area contributed by atoms with Crippen molar-refractivity contribution in [2.24, 2.45) is 0 Å². The first kappa shape index (κ1) is 13.4. The summed E-state index contributed by atoms with van der Waals surface area (Å²) in [5.74, 6) is 1.13. The highest BCUT2D eigenvalue weighted by Gasteiger charge is 2.21. The summed E-state index contributed by atoms with van der Waals surface area (Å²) in [5.41, 5.74) is 0. The van der Waals surface area contributed by atoms with E-state index in [0.717, 1.165) is 32.5 Å². The van der Waals surface area contributed by atoms with Crippen LogP contribution >= 0.6 is 11.6 Å². The molecule has 1 aromatic rings. The number of carbonyl (C=O) groups excluding carboxylic acids is 1. The molecule has 0 bridgehead atoms. The minimum atomic E-state index is -0.138. The van der Waals surface area contributed by atoms with Gasteiger partial charge in [0.1, 0.15) is 5.76 Å². The van der Waals surface area contributed by atoms with Crippen LogP contribution in [0.3, 0.4) is 0 Å². The van der Waals surface area contributed by atoms with E-state index in [0.29, 0.717) is 17.4 Å². The summed E-state index contributed by atoms with van der Waals surface area (Å²) in [6.45, 7) is 5.34. The van der Waals surface area contributed by atoms with Gasteiger partial charge in [-0.2, -0.15) is 0 Å². The zero-order valence-electron chi connectivity index (χ0n) is 10.6. The van der Waals surface area contributed by atoms with Crippen molar-refractivity contribution in [2.75, 3.05) is 19.6 Å². The number of hydrogen-bond donors (Lipinski definition) is 1. The number of carbonyl (C=O) groups is 1. The molecule has 0 radical (unpaired) electrons. The van der Waals surface area contributed by atoms with Crippen LogP contribution in [0.5, 0.6) is 0 Å². The monoisotopic (exact) mass is 270 g/mol. The Kier molecular flexibility index (Phi) is 4.66. The van der Waals surface area contributed by atoms with Crippen LogP contribution in [0, 0.1) is 0 Å². The Morgan fingerprint density at radius 2 is 2.22 bits per heavy atom. The number of halogens is 1. The van der Waals surface area contributed by atoms with E-state index in [1.807, 2.05) is 0 Å². The van der Waals surface area contributed by atoms with E-state index in [-0.39, 0.29) is 11.9 Å². The van der Waals surface area contributed by atoms with Gasteiger partial charge in [0.2, 0.25) is 0 Å². The van der Waals surface area contributed by atoms with Crippen molar-refractivity contribution in [2.45, 2.75) is 31.7 Å². The van der Waals surface area contributed by atoms with Crippen molar-refractivity contribution in [3.05, 3.63) is 23.7 Å². The lowest BCUT2D eigenvalue weighted by molar-refractivity contribution is 0.0883. The number of nitrogens with one attached hydrogen (secondary N) is 1. The van der Waals surface area contributed by atoms with Crippen LogP contribution in [-0.4, -0.2) is 36.5 Å². The Bertz CT molecular complexity index is 397. The maximum atomic E-state index is 11.9. The van der Waals surface area contributed by atoms with Crippen molar-refractivity contribution in [1.29, 1.82) is 0 Å². The van der Waals surface area contributed by atoms with Gasteiger partial charge in [-0.3, -0.25) is 4.79 Å². The lowest BCUT2D eigenvalue weighted by Gasteiger charge is -2.31. The van der Waals surface area contributed by atoms with E-state index < -0.39 is 0 Å². The summed E-state index contributed by atoms with van der Waals surface area (Å²) in [7, 11) is 0. The minimum Gasteiger partial charge on any atom is -0.455 e. The first-order chi connectivity index (χ1) is 8.72. The molecule has 0 atom stereocenters. The predicted octanol–water partition coefficient (Wildman–Crippen LogP) is 2.23. The van der Waals surface area contributed by atoms with Crippen molar-refractivity contribution >= 4 is 17.5 Å². The Hall–Kier alpha value is -1.00. The number of rotatable bonds is 4. The van der Waals surface area contributed by atoms with Gasteiger partial charge in [-0.1, -0.05) is 6.92 Å². The number of nitrogens with zero attached hydrogens (tertiary/aromatic N) is 1. The molecule has 1 saturated heterocycles. The summed E-state index contributed by atoms with van der Waals surface area (Å²) < 4.78 is 5.32. The maximum Gasteiger partial charge on any atom is 0.287 e. The van der Waals surface area contributed by atoms with Gasteiger partial charge < -0.3 is 14.6 Å². The van der Waals surface area contributed by atoms with Crippen molar-refractivity contribution in [1.82, 2.24) is 10.2 Å². The smallest absolute Gasteiger partial charge is 0.287 e.